The standard InChI is InChI=1S/C15H21F3N2O/c1-12(2)11-19-7-9-20(10-8-19)13-3-5-14(6-4-13)21-15(16,17)18/h3-6,12H,7-11H2,1-2H3. The average Bonchev–Trinajstić information content (AvgIpc) is 2.38. The Bertz CT molecular complexity index is 437. The van der Waals surface area contributed by atoms with Crippen LogP contribution in [0.2, 0.25) is 0 Å². The summed E-state index contributed by atoms with van der Waals surface area (Å²) in [6.45, 7) is 9.25. The molecule has 0 aliphatic carbocycles. The Labute approximate surface area is 123 Å². The molecule has 0 unspecified atom stereocenters. The van der Waals surface area contributed by atoms with Crippen LogP contribution in [0.15, 0.2) is 24.3 Å². The number of rotatable bonds is 4. The summed E-state index contributed by atoms with van der Waals surface area (Å²) in [5.74, 6) is 0.472. The molecule has 21 heavy (non-hydrogen) atoms. The number of nitrogens with zero attached hydrogens (tertiary/aromatic N) is 2. The van der Waals surface area contributed by atoms with Crippen LogP contribution >= 0.6 is 0 Å². The van der Waals surface area contributed by atoms with E-state index in [1.165, 1.54) is 12.1 Å². The van der Waals surface area contributed by atoms with E-state index in [0.717, 1.165) is 38.4 Å². The molecule has 0 aromatic heterocycles. The average molecular weight is 302 g/mol. The summed E-state index contributed by atoms with van der Waals surface area (Å²) in [5.41, 5.74) is 0.939. The lowest BCUT2D eigenvalue weighted by atomic mass is 10.2. The van der Waals surface area contributed by atoms with Gasteiger partial charge in [-0.1, -0.05) is 13.8 Å². The van der Waals surface area contributed by atoms with Gasteiger partial charge >= 0.3 is 6.36 Å². The van der Waals surface area contributed by atoms with Gasteiger partial charge in [-0.05, 0) is 30.2 Å². The van der Waals surface area contributed by atoms with Crippen molar-refractivity contribution in [3.63, 3.8) is 0 Å². The quantitative estimate of drug-likeness (QED) is 0.848. The van der Waals surface area contributed by atoms with Crippen LogP contribution in [0.5, 0.6) is 5.75 Å². The smallest absolute Gasteiger partial charge is 0.406 e. The van der Waals surface area contributed by atoms with Crippen molar-refractivity contribution in [3.8, 4) is 5.75 Å². The number of halogens is 3. The Kier molecular flexibility index (Phi) is 4.98. The normalized spacial score (nSPS) is 17.3. The van der Waals surface area contributed by atoms with Crippen molar-refractivity contribution in [3.05, 3.63) is 24.3 Å². The Balaban J connectivity index is 1.89. The predicted molar refractivity (Wildman–Crippen MR) is 76.6 cm³/mol. The second-order valence-electron chi connectivity index (χ2n) is 5.72. The molecule has 0 N–H and O–H groups in total. The molecule has 1 saturated heterocycles. The van der Waals surface area contributed by atoms with E-state index < -0.39 is 6.36 Å². The first-order valence-corrected chi connectivity index (χ1v) is 7.16. The molecule has 1 aliphatic rings. The molecule has 0 spiro atoms. The molecule has 0 bridgehead atoms. The molecule has 0 amide bonds. The highest BCUT2D eigenvalue weighted by molar-refractivity contribution is 5.49. The summed E-state index contributed by atoms with van der Waals surface area (Å²) in [5, 5.41) is 0. The van der Waals surface area contributed by atoms with Gasteiger partial charge in [0.25, 0.3) is 0 Å². The molecule has 1 aromatic rings. The van der Waals surface area contributed by atoms with Crippen molar-refractivity contribution in [2.75, 3.05) is 37.6 Å². The van der Waals surface area contributed by atoms with Gasteiger partial charge < -0.3 is 9.64 Å². The Morgan fingerprint density at radius 2 is 1.62 bits per heavy atom. The van der Waals surface area contributed by atoms with Gasteiger partial charge in [0.1, 0.15) is 5.75 Å². The molecule has 1 aliphatic heterocycles. The van der Waals surface area contributed by atoms with Crippen LogP contribution in [0.25, 0.3) is 0 Å². The molecule has 1 heterocycles. The zero-order valence-electron chi connectivity index (χ0n) is 12.4. The summed E-state index contributed by atoms with van der Waals surface area (Å²) in [7, 11) is 0. The molecular weight excluding hydrogens is 281 g/mol. The third kappa shape index (κ3) is 5.12. The SMILES string of the molecule is CC(C)CN1CCN(c2ccc(OC(F)(F)F)cc2)CC1. The molecule has 1 aromatic carbocycles. The number of hydrogen-bond acceptors (Lipinski definition) is 3. The van der Waals surface area contributed by atoms with Crippen LogP contribution in [0.4, 0.5) is 18.9 Å². The van der Waals surface area contributed by atoms with Crippen molar-refractivity contribution < 1.29 is 17.9 Å². The zero-order chi connectivity index (χ0) is 15.5. The maximum Gasteiger partial charge on any atom is 0.573 e. The highest BCUT2D eigenvalue weighted by Gasteiger charge is 2.31. The van der Waals surface area contributed by atoms with Gasteiger partial charge in [-0.25, -0.2) is 0 Å². The number of alkyl halides is 3. The number of benzene rings is 1. The van der Waals surface area contributed by atoms with Crippen LogP contribution in [0.1, 0.15) is 13.8 Å². The minimum absolute atomic E-state index is 0.176. The van der Waals surface area contributed by atoms with E-state index in [4.69, 9.17) is 0 Å². The van der Waals surface area contributed by atoms with Crippen LogP contribution in [-0.2, 0) is 0 Å². The van der Waals surface area contributed by atoms with Crippen molar-refractivity contribution in [1.29, 1.82) is 0 Å². The fraction of sp³-hybridized carbons (Fsp3) is 0.600. The van der Waals surface area contributed by atoms with E-state index in [1.54, 1.807) is 12.1 Å². The van der Waals surface area contributed by atoms with Gasteiger partial charge in [0.05, 0.1) is 0 Å². The van der Waals surface area contributed by atoms with Crippen LogP contribution < -0.4 is 9.64 Å². The summed E-state index contributed by atoms with van der Waals surface area (Å²) >= 11 is 0. The molecule has 118 valence electrons. The Hall–Kier alpha value is -1.43. The Morgan fingerprint density at radius 1 is 1.05 bits per heavy atom. The highest BCUT2D eigenvalue weighted by atomic mass is 19.4. The fourth-order valence-corrected chi connectivity index (χ4v) is 2.56. The molecular formula is C15H21F3N2O. The van der Waals surface area contributed by atoms with E-state index >= 15 is 0 Å². The molecule has 0 radical (unpaired) electrons. The molecule has 0 saturated carbocycles. The van der Waals surface area contributed by atoms with E-state index in [1.807, 2.05) is 0 Å². The third-order valence-electron chi connectivity index (χ3n) is 3.43. The number of anilines is 1. The lowest BCUT2D eigenvalue weighted by Crippen LogP contribution is -2.47. The van der Waals surface area contributed by atoms with Crippen molar-refractivity contribution >= 4 is 5.69 Å². The molecule has 1 fully saturated rings. The number of hydrogen-bond donors (Lipinski definition) is 0. The van der Waals surface area contributed by atoms with Crippen molar-refractivity contribution in [1.82, 2.24) is 4.90 Å². The van der Waals surface area contributed by atoms with Gasteiger partial charge in [0, 0.05) is 38.4 Å². The highest BCUT2D eigenvalue weighted by Crippen LogP contribution is 2.25. The first kappa shape index (κ1) is 15.9. The lowest BCUT2D eigenvalue weighted by Gasteiger charge is -2.36. The summed E-state index contributed by atoms with van der Waals surface area (Å²) in [6, 6.07) is 6.09. The Morgan fingerprint density at radius 3 is 2.10 bits per heavy atom. The van der Waals surface area contributed by atoms with Gasteiger partial charge in [0.2, 0.25) is 0 Å². The van der Waals surface area contributed by atoms with Gasteiger partial charge in [0.15, 0.2) is 0 Å². The second kappa shape index (κ2) is 6.56. The van der Waals surface area contributed by atoms with E-state index in [2.05, 4.69) is 28.4 Å². The van der Waals surface area contributed by atoms with Crippen molar-refractivity contribution in [2.24, 2.45) is 5.92 Å². The third-order valence-corrected chi connectivity index (χ3v) is 3.43. The zero-order valence-corrected chi connectivity index (χ0v) is 12.4. The van der Waals surface area contributed by atoms with E-state index in [9.17, 15) is 13.2 Å². The van der Waals surface area contributed by atoms with Gasteiger partial charge in [-0.2, -0.15) is 0 Å². The monoisotopic (exact) mass is 302 g/mol. The van der Waals surface area contributed by atoms with Gasteiger partial charge in [-0.15, -0.1) is 13.2 Å². The molecule has 3 nitrogen and oxygen atoms in total. The number of ether oxygens (including phenoxy) is 1. The maximum atomic E-state index is 12.1. The minimum atomic E-state index is -4.63. The summed E-state index contributed by atoms with van der Waals surface area (Å²) < 4.78 is 40.2. The fourth-order valence-electron chi connectivity index (χ4n) is 2.56. The second-order valence-corrected chi connectivity index (χ2v) is 5.72. The van der Waals surface area contributed by atoms with E-state index in [-0.39, 0.29) is 5.75 Å². The molecule has 6 heteroatoms. The first-order chi connectivity index (χ1) is 9.83. The van der Waals surface area contributed by atoms with Gasteiger partial charge in [-0.3, -0.25) is 4.90 Å². The van der Waals surface area contributed by atoms with Crippen LogP contribution in [0, 0.1) is 5.92 Å². The lowest BCUT2D eigenvalue weighted by molar-refractivity contribution is -0.274. The molecule has 0 atom stereocenters. The van der Waals surface area contributed by atoms with E-state index in [0.29, 0.717) is 5.92 Å². The largest absolute Gasteiger partial charge is 0.573 e. The maximum absolute atomic E-state index is 12.1. The summed E-state index contributed by atoms with van der Waals surface area (Å²) in [6.07, 6.45) is -4.63. The predicted octanol–water partition coefficient (Wildman–Crippen LogP) is 3.36. The van der Waals surface area contributed by atoms with Crippen molar-refractivity contribution in [2.45, 2.75) is 20.2 Å². The topological polar surface area (TPSA) is 15.7 Å². The first-order valence-electron chi connectivity index (χ1n) is 7.16. The molecule has 2 rings (SSSR count). The van der Waals surface area contributed by atoms with Crippen LogP contribution in [0.3, 0.4) is 0 Å². The minimum Gasteiger partial charge on any atom is -0.406 e. The van der Waals surface area contributed by atoms with Crippen LogP contribution in [-0.4, -0.2) is 44.0 Å². The number of piperazine rings is 1. The summed E-state index contributed by atoms with van der Waals surface area (Å²) in [4.78, 5) is 4.61.